The minimum Gasteiger partial charge on any atom is -0.477 e. The number of fused-ring (bicyclic) bond motifs is 1. The third kappa shape index (κ3) is 2.36. The highest BCUT2D eigenvalue weighted by molar-refractivity contribution is 6.00. The van der Waals surface area contributed by atoms with Gasteiger partial charge in [-0.15, -0.1) is 0 Å². The summed E-state index contributed by atoms with van der Waals surface area (Å²) in [7, 11) is 0. The molecule has 1 N–H and O–H groups in total. The molecule has 2 aliphatic rings. The van der Waals surface area contributed by atoms with E-state index in [2.05, 4.69) is 17.4 Å². The van der Waals surface area contributed by atoms with Crippen LogP contribution in [0.1, 0.15) is 12.0 Å². The van der Waals surface area contributed by atoms with Crippen LogP contribution in [0.2, 0.25) is 0 Å². The van der Waals surface area contributed by atoms with E-state index in [0.29, 0.717) is 0 Å². The van der Waals surface area contributed by atoms with Crippen LogP contribution in [-0.4, -0.2) is 18.1 Å². The molecule has 1 aromatic rings. The normalized spacial score (nSPS) is 25.6. The largest absolute Gasteiger partial charge is 0.477 e. The number of rotatable bonds is 3. The summed E-state index contributed by atoms with van der Waals surface area (Å²) in [6.45, 7) is 0. The van der Waals surface area contributed by atoms with E-state index in [1.807, 2.05) is 24.3 Å². The first-order chi connectivity index (χ1) is 8.81. The summed E-state index contributed by atoms with van der Waals surface area (Å²) in [6.07, 6.45) is 6.89. The van der Waals surface area contributed by atoms with Crippen molar-refractivity contribution >= 4 is 5.78 Å². The zero-order valence-corrected chi connectivity index (χ0v) is 10.0. The predicted octanol–water partition coefficient (Wildman–Crippen LogP) is 1.96. The fourth-order valence-electron chi connectivity index (χ4n) is 2.29. The van der Waals surface area contributed by atoms with Crippen LogP contribution in [0.4, 0.5) is 0 Å². The second-order valence-corrected chi connectivity index (χ2v) is 4.58. The van der Waals surface area contributed by atoms with Crippen LogP contribution in [0.5, 0.6) is 0 Å². The van der Waals surface area contributed by atoms with Crippen molar-refractivity contribution in [1.29, 1.82) is 0 Å². The first-order valence-corrected chi connectivity index (χ1v) is 6.22. The molecule has 2 atom stereocenters. The van der Waals surface area contributed by atoms with E-state index < -0.39 is 0 Å². The lowest BCUT2D eigenvalue weighted by Crippen LogP contribution is -2.29. The molecule has 1 aliphatic carbocycles. The van der Waals surface area contributed by atoms with Gasteiger partial charge < -0.3 is 4.74 Å². The van der Waals surface area contributed by atoms with Crippen LogP contribution in [0.25, 0.3) is 0 Å². The number of benzene rings is 1. The van der Waals surface area contributed by atoms with Crippen LogP contribution < -0.4 is 5.32 Å². The molecule has 3 heteroatoms. The monoisotopic (exact) mass is 241 g/mol. The molecule has 92 valence electrons. The van der Waals surface area contributed by atoms with E-state index >= 15 is 0 Å². The Labute approximate surface area is 106 Å². The van der Waals surface area contributed by atoms with Crippen LogP contribution in [-0.2, 0) is 16.0 Å². The lowest BCUT2D eigenvalue weighted by Gasteiger charge is -2.10. The molecule has 1 fully saturated rings. The summed E-state index contributed by atoms with van der Waals surface area (Å²) in [5.74, 6) is 0.757. The first kappa shape index (κ1) is 11.2. The minimum absolute atomic E-state index is 0.00277. The summed E-state index contributed by atoms with van der Waals surface area (Å²) in [6, 6.07) is 10.4. The van der Waals surface area contributed by atoms with Crippen LogP contribution in [0, 0.1) is 0 Å². The molecule has 0 spiro atoms. The van der Waals surface area contributed by atoms with E-state index in [1.54, 1.807) is 12.2 Å². The maximum absolute atomic E-state index is 11.2. The number of hydrogen-bond donors (Lipinski definition) is 1. The van der Waals surface area contributed by atoms with Gasteiger partial charge in [0.15, 0.2) is 12.0 Å². The van der Waals surface area contributed by atoms with Gasteiger partial charge in [0.2, 0.25) is 0 Å². The Balaban J connectivity index is 1.59. The van der Waals surface area contributed by atoms with Crippen molar-refractivity contribution in [3.63, 3.8) is 0 Å². The minimum atomic E-state index is -0.00277. The van der Waals surface area contributed by atoms with E-state index in [9.17, 15) is 4.79 Å². The summed E-state index contributed by atoms with van der Waals surface area (Å²) in [4.78, 5) is 11.2. The van der Waals surface area contributed by atoms with Gasteiger partial charge in [0.1, 0.15) is 5.76 Å². The fraction of sp³-hybridized carbons (Fsp3) is 0.267. The number of carbonyl (C=O) groups excluding carboxylic acids is 1. The third-order valence-electron chi connectivity index (χ3n) is 3.23. The van der Waals surface area contributed by atoms with Gasteiger partial charge in [0.05, 0.1) is 6.04 Å². The summed E-state index contributed by atoms with van der Waals surface area (Å²) >= 11 is 0. The van der Waals surface area contributed by atoms with E-state index in [4.69, 9.17) is 4.74 Å². The SMILES string of the molecule is O=C1C=CC2NC(CCc3ccccc3)OC2=C1. The number of aryl methyl sites for hydroxylation is 1. The standard InChI is InChI=1S/C15H15NO2/c17-12-7-8-13-14(10-12)18-15(16-13)9-6-11-4-2-1-3-5-11/h1-5,7-8,10,13,15-16H,6,9H2. The summed E-state index contributed by atoms with van der Waals surface area (Å²) in [5, 5.41) is 3.35. The Morgan fingerprint density at radius 3 is 2.89 bits per heavy atom. The van der Waals surface area contributed by atoms with Gasteiger partial charge in [-0.1, -0.05) is 36.4 Å². The molecule has 3 rings (SSSR count). The summed E-state index contributed by atoms with van der Waals surface area (Å²) < 4.78 is 5.74. The van der Waals surface area contributed by atoms with Gasteiger partial charge in [-0.3, -0.25) is 10.1 Å². The highest BCUT2D eigenvalue weighted by atomic mass is 16.5. The van der Waals surface area contributed by atoms with Crippen molar-refractivity contribution in [1.82, 2.24) is 5.32 Å². The Morgan fingerprint density at radius 1 is 1.22 bits per heavy atom. The molecular weight excluding hydrogens is 226 g/mol. The second-order valence-electron chi connectivity index (χ2n) is 4.58. The first-order valence-electron chi connectivity index (χ1n) is 6.22. The Hall–Kier alpha value is -1.87. The number of ether oxygens (including phenoxy) is 1. The zero-order valence-electron chi connectivity index (χ0n) is 10.0. The smallest absolute Gasteiger partial charge is 0.181 e. The maximum Gasteiger partial charge on any atom is 0.181 e. The zero-order chi connectivity index (χ0) is 12.4. The Morgan fingerprint density at radius 2 is 2.06 bits per heavy atom. The van der Waals surface area contributed by atoms with Crippen LogP contribution >= 0.6 is 0 Å². The molecule has 0 saturated carbocycles. The number of nitrogens with one attached hydrogen (secondary N) is 1. The quantitative estimate of drug-likeness (QED) is 0.879. The highest BCUT2D eigenvalue weighted by Gasteiger charge is 2.30. The third-order valence-corrected chi connectivity index (χ3v) is 3.23. The fourth-order valence-corrected chi connectivity index (χ4v) is 2.29. The molecule has 18 heavy (non-hydrogen) atoms. The van der Waals surface area contributed by atoms with Crippen molar-refractivity contribution in [3.05, 3.63) is 59.9 Å². The van der Waals surface area contributed by atoms with Crippen LogP contribution in [0.3, 0.4) is 0 Å². The van der Waals surface area contributed by atoms with Gasteiger partial charge in [0.25, 0.3) is 0 Å². The maximum atomic E-state index is 11.2. The average Bonchev–Trinajstić information content (AvgIpc) is 2.79. The summed E-state index contributed by atoms with van der Waals surface area (Å²) in [5.41, 5.74) is 1.30. The molecule has 0 bridgehead atoms. The molecule has 1 heterocycles. The molecular formula is C15H15NO2. The van der Waals surface area contributed by atoms with E-state index in [0.717, 1.165) is 18.6 Å². The molecule has 0 aromatic heterocycles. The molecule has 0 amide bonds. The van der Waals surface area contributed by atoms with Crippen molar-refractivity contribution in [2.75, 3.05) is 0 Å². The number of ketones is 1. The van der Waals surface area contributed by atoms with Crippen molar-refractivity contribution < 1.29 is 9.53 Å². The topological polar surface area (TPSA) is 38.3 Å². The van der Waals surface area contributed by atoms with Gasteiger partial charge in [0, 0.05) is 12.5 Å². The average molecular weight is 241 g/mol. The molecule has 1 aliphatic heterocycles. The van der Waals surface area contributed by atoms with Crippen molar-refractivity contribution in [2.45, 2.75) is 25.1 Å². The number of carbonyl (C=O) groups is 1. The molecule has 1 saturated heterocycles. The van der Waals surface area contributed by atoms with Crippen LogP contribution in [0.15, 0.2) is 54.3 Å². The molecule has 1 aromatic carbocycles. The molecule has 2 unspecified atom stereocenters. The van der Waals surface area contributed by atoms with E-state index in [-0.39, 0.29) is 18.1 Å². The van der Waals surface area contributed by atoms with Crippen molar-refractivity contribution in [3.8, 4) is 0 Å². The van der Waals surface area contributed by atoms with Gasteiger partial charge in [-0.2, -0.15) is 0 Å². The lowest BCUT2D eigenvalue weighted by atomic mass is 10.1. The number of hydrogen-bond acceptors (Lipinski definition) is 3. The highest BCUT2D eigenvalue weighted by Crippen LogP contribution is 2.22. The second kappa shape index (κ2) is 4.78. The number of allylic oxidation sites excluding steroid dienone is 2. The van der Waals surface area contributed by atoms with Gasteiger partial charge in [-0.25, -0.2) is 0 Å². The van der Waals surface area contributed by atoms with Gasteiger partial charge >= 0.3 is 0 Å². The van der Waals surface area contributed by atoms with Crippen molar-refractivity contribution in [2.24, 2.45) is 0 Å². The van der Waals surface area contributed by atoms with E-state index in [1.165, 1.54) is 5.56 Å². The Bertz CT molecular complexity index is 504. The Kier molecular flexibility index (Phi) is 2.99. The molecule has 0 radical (unpaired) electrons. The lowest BCUT2D eigenvalue weighted by molar-refractivity contribution is -0.110. The van der Waals surface area contributed by atoms with Gasteiger partial charge in [-0.05, 0) is 18.1 Å². The molecule has 3 nitrogen and oxygen atoms in total. The predicted molar refractivity (Wildman–Crippen MR) is 68.8 cm³/mol.